The van der Waals surface area contributed by atoms with E-state index in [1.165, 1.54) is 0 Å². The molecule has 0 spiro atoms. The Hall–Kier alpha value is -1.26. The first-order valence-electron chi connectivity index (χ1n) is 6.59. The maximum atomic E-state index is 10.9. The Morgan fingerprint density at radius 2 is 2.05 bits per heavy atom. The van der Waals surface area contributed by atoms with Crippen molar-refractivity contribution in [2.45, 2.75) is 25.8 Å². The summed E-state index contributed by atoms with van der Waals surface area (Å²) in [6, 6.07) is 5.57. The number of rotatable bonds is 4. The van der Waals surface area contributed by atoms with E-state index in [1.54, 1.807) is 6.07 Å². The van der Waals surface area contributed by atoms with Crippen LogP contribution >= 0.6 is 11.6 Å². The van der Waals surface area contributed by atoms with E-state index in [0.717, 1.165) is 43.7 Å². The largest absolute Gasteiger partial charge is 0.398 e. The van der Waals surface area contributed by atoms with Crippen LogP contribution in [0.25, 0.3) is 0 Å². The third-order valence-electron chi connectivity index (χ3n) is 3.70. The highest BCUT2D eigenvalue weighted by Gasteiger charge is 2.21. The van der Waals surface area contributed by atoms with Crippen molar-refractivity contribution in [1.82, 2.24) is 4.90 Å². The molecule has 0 aromatic heterocycles. The van der Waals surface area contributed by atoms with Crippen LogP contribution in [0.15, 0.2) is 18.2 Å². The zero-order valence-corrected chi connectivity index (χ0v) is 11.7. The number of hydrogen-bond donors (Lipinski definition) is 2. The molecule has 1 saturated heterocycles. The molecule has 1 heterocycles. The molecule has 1 aliphatic rings. The minimum absolute atomic E-state index is 0.197. The minimum atomic E-state index is -0.197. The second-order valence-corrected chi connectivity index (χ2v) is 5.67. The van der Waals surface area contributed by atoms with E-state index >= 15 is 0 Å². The summed E-state index contributed by atoms with van der Waals surface area (Å²) in [5, 5.41) is 0.716. The molecule has 2 rings (SSSR count). The molecular weight excluding hydrogens is 262 g/mol. The summed E-state index contributed by atoms with van der Waals surface area (Å²) < 4.78 is 0. The molecule has 0 aliphatic carbocycles. The van der Waals surface area contributed by atoms with Crippen molar-refractivity contribution in [2.75, 3.05) is 18.8 Å². The van der Waals surface area contributed by atoms with E-state index in [4.69, 9.17) is 23.1 Å². The van der Waals surface area contributed by atoms with Crippen LogP contribution < -0.4 is 11.5 Å². The monoisotopic (exact) mass is 281 g/mol. The van der Waals surface area contributed by atoms with Gasteiger partial charge in [0.1, 0.15) is 0 Å². The van der Waals surface area contributed by atoms with Crippen molar-refractivity contribution in [3.05, 3.63) is 28.8 Å². The number of amides is 1. The number of carbonyl (C=O) groups is 1. The third-order valence-corrected chi connectivity index (χ3v) is 3.93. The van der Waals surface area contributed by atoms with Gasteiger partial charge < -0.3 is 11.5 Å². The lowest BCUT2D eigenvalue weighted by Gasteiger charge is -2.31. The topological polar surface area (TPSA) is 72.4 Å². The highest BCUT2D eigenvalue weighted by Crippen LogP contribution is 2.24. The van der Waals surface area contributed by atoms with E-state index in [9.17, 15) is 4.79 Å². The third kappa shape index (κ3) is 4.11. The average Bonchev–Trinajstić information content (AvgIpc) is 2.35. The molecule has 0 radical (unpaired) electrons. The van der Waals surface area contributed by atoms with Gasteiger partial charge in [-0.05, 0) is 55.6 Å². The van der Waals surface area contributed by atoms with E-state index in [2.05, 4.69) is 4.90 Å². The SMILES string of the molecule is NC(=O)CC1CCN(Cc2cc(Cl)ccc2N)CC1. The van der Waals surface area contributed by atoms with Gasteiger partial charge in [-0.3, -0.25) is 9.69 Å². The fourth-order valence-corrected chi connectivity index (χ4v) is 2.78. The fourth-order valence-electron chi connectivity index (χ4n) is 2.59. The van der Waals surface area contributed by atoms with Gasteiger partial charge in [-0.15, -0.1) is 0 Å². The second-order valence-electron chi connectivity index (χ2n) is 5.23. The molecule has 1 aromatic rings. The fraction of sp³-hybridized carbons (Fsp3) is 0.500. The molecule has 1 aromatic carbocycles. The predicted octanol–water partition coefficient (Wildman–Crippen LogP) is 2.01. The van der Waals surface area contributed by atoms with Crippen LogP contribution in [0, 0.1) is 5.92 Å². The lowest BCUT2D eigenvalue weighted by molar-refractivity contribution is -0.119. The van der Waals surface area contributed by atoms with Crippen LogP contribution in [0.1, 0.15) is 24.8 Å². The van der Waals surface area contributed by atoms with Gasteiger partial charge in [0.25, 0.3) is 0 Å². The molecule has 1 amide bonds. The number of piperidine rings is 1. The van der Waals surface area contributed by atoms with E-state index < -0.39 is 0 Å². The van der Waals surface area contributed by atoms with Crippen LogP contribution in [-0.4, -0.2) is 23.9 Å². The lowest BCUT2D eigenvalue weighted by atomic mass is 9.93. The summed E-state index contributed by atoms with van der Waals surface area (Å²) >= 11 is 5.99. The first-order chi connectivity index (χ1) is 9.04. The molecule has 104 valence electrons. The number of nitrogens with zero attached hydrogens (tertiary/aromatic N) is 1. The van der Waals surface area contributed by atoms with Crippen molar-refractivity contribution in [2.24, 2.45) is 11.7 Å². The lowest BCUT2D eigenvalue weighted by Crippen LogP contribution is -2.34. The molecular formula is C14H20ClN3O. The number of benzene rings is 1. The number of halogens is 1. The van der Waals surface area contributed by atoms with Crippen LogP contribution in [0.3, 0.4) is 0 Å². The van der Waals surface area contributed by atoms with Crippen molar-refractivity contribution < 1.29 is 4.79 Å². The standard InChI is InChI=1S/C14H20ClN3O/c15-12-1-2-13(16)11(8-12)9-18-5-3-10(4-6-18)7-14(17)19/h1-2,8,10H,3-7,9,16H2,(H2,17,19). The van der Waals surface area contributed by atoms with E-state index in [1.807, 2.05) is 12.1 Å². The van der Waals surface area contributed by atoms with Gasteiger partial charge in [-0.1, -0.05) is 11.6 Å². The minimum Gasteiger partial charge on any atom is -0.398 e. The summed E-state index contributed by atoms with van der Waals surface area (Å²) in [5.41, 5.74) is 13.0. The number of anilines is 1. The van der Waals surface area contributed by atoms with Crippen molar-refractivity contribution in [3.8, 4) is 0 Å². The number of nitrogens with two attached hydrogens (primary N) is 2. The Bertz CT molecular complexity index is 456. The molecule has 5 heteroatoms. The normalized spacial score (nSPS) is 17.5. The number of hydrogen-bond acceptors (Lipinski definition) is 3. The van der Waals surface area contributed by atoms with Gasteiger partial charge in [0.2, 0.25) is 5.91 Å². The smallest absolute Gasteiger partial charge is 0.217 e. The Morgan fingerprint density at radius 1 is 1.37 bits per heavy atom. The number of nitrogen functional groups attached to an aromatic ring is 1. The van der Waals surface area contributed by atoms with Crippen molar-refractivity contribution >= 4 is 23.2 Å². The van der Waals surface area contributed by atoms with Crippen LogP contribution in [-0.2, 0) is 11.3 Å². The molecule has 0 unspecified atom stereocenters. The number of primary amides is 1. The van der Waals surface area contributed by atoms with E-state index in [0.29, 0.717) is 17.4 Å². The molecule has 19 heavy (non-hydrogen) atoms. The molecule has 1 fully saturated rings. The highest BCUT2D eigenvalue weighted by atomic mass is 35.5. The van der Waals surface area contributed by atoms with Crippen molar-refractivity contribution in [1.29, 1.82) is 0 Å². The Balaban J connectivity index is 1.88. The van der Waals surface area contributed by atoms with Gasteiger partial charge in [0.05, 0.1) is 0 Å². The summed E-state index contributed by atoms with van der Waals surface area (Å²) in [6.07, 6.45) is 2.54. The van der Waals surface area contributed by atoms with Gasteiger partial charge >= 0.3 is 0 Å². The Kier molecular flexibility index (Phi) is 4.66. The molecule has 0 bridgehead atoms. The van der Waals surface area contributed by atoms with Crippen LogP contribution in [0.4, 0.5) is 5.69 Å². The molecule has 0 saturated carbocycles. The van der Waals surface area contributed by atoms with Gasteiger partial charge in [0.15, 0.2) is 0 Å². The van der Waals surface area contributed by atoms with Gasteiger partial charge in [0, 0.05) is 23.7 Å². The first-order valence-corrected chi connectivity index (χ1v) is 6.97. The second kappa shape index (κ2) is 6.26. The summed E-state index contributed by atoms with van der Waals surface area (Å²) in [4.78, 5) is 13.2. The van der Waals surface area contributed by atoms with E-state index in [-0.39, 0.29) is 5.91 Å². The average molecular weight is 282 g/mol. The number of likely N-dealkylation sites (tertiary alicyclic amines) is 1. The zero-order valence-electron chi connectivity index (χ0n) is 10.9. The zero-order chi connectivity index (χ0) is 13.8. The van der Waals surface area contributed by atoms with Gasteiger partial charge in [-0.2, -0.15) is 0 Å². The van der Waals surface area contributed by atoms with Crippen LogP contribution in [0.5, 0.6) is 0 Å². The highest BCUT2D eigenvalue weighted by molar-refractivity contribution is 6.30. The molecule has 4 N–H and O–H groups in total. The van der Waals surface area contributed by atoms with Crippen LogP contribution in [0.2, 0.25) is 5.02 Å². The summed E-state index contributed by atoms with van der Waals surface area (Å²) in [5.74, 6) is 0.239. The maximum Gasteiger partial charge on any atom is 0.217 e. The number of carbonyl (C=O) groups excluding carboxylic acids is 1. The molecule has 0 atom stereocenters. The quantitative estimate of drug-likeness (QED) is 0.829. The van der Waals surface area contributed by atoms with Gasteiger partial charge in [-0.25, -0.2) is 0 Å². The summed E-state index contributed by atoms with van der Waals surface area (Å²) in [7, 11) is 0. The molecule has 1 aliphatic heterocycles. The summed E-state index contributed by atoms with van der Waals surface area (Å²) in [6.45, 7) is 2.77. The molecule has 4 nitrogen and oxygen atoms in total. The van der Waals surface area contributed by atoms with Crippen molar-refractivity contribution in [3.63, 3.8) is 0 Å². The maximum absolute atomic E-state index is 10.9. The predicted molar refractivity (Wildman–Crippen MR) is 77.7 cm³/mol. The Morgan fingerprint density at radius 3 is 2.68 bits per heavy atom. The first kappa shape index (κ1) is 14.2. The Labute approximate surface area is 118 Å².